The first-order valence-electron chi connectivity index (χ1n) is 10.2. The molecule has 3 atom stereocenters. The molecule has 0 fully saturated rings. The highest BCUT2D eigenvalue weighted by atomic mass is 32.2. The van der Waals surface area contributed by atoms with Gasteiger partial charge in [0.2, 0.25) is 0 Å². The normalized spacial score (nSPS) is 26.3. The highest BCUT2D eigenvalue weighted by Gasteiger charge is 2.47. The quantitative estimate of drug-likeness (QED) is 0.616. The topological polar surface area (TPSA) is 66.4 Å². The molecule has 1 aliphatic rings. The zero-order valence-corrected chi connectivity index (χ0v) is 17.8. The minimum absolute atomic E-state index is 0.0430. The summed E-state index contributed by atoms with van der Waals surface area (Å²) in [6.07, 6.45) is 3.81. The molecule has 0 saturated heterocycles. The van der Waals surface area contributed by atoms with Gasteiger partial charge in [0, 0.05) is 5.92 Å². The average Bonchev–Trinajstić information content (AvgIpc) is 2.78. The van der Waals surface area contributed by atoms with E-state index >= 15 is 0 Å². The third-order valence-corrected chi connectivity index (χ3v) is 8.64. The molecule has 0 bridgehead atoms. The Morgan fingerprint density at radius 2 is 1.86 bits per heavy atom. The van der Waals surface area contributed by atoms with Gasteiger partial charge in [0.25, 0.3) is 0 Å². The van der Waals surface area contributed by atoms with Crippen molar-refractivity contribution in [3.63, 3.8) is 0 Å². The van der Waals surface area contributed by atoms with E-state index in [2.05, 4.69) is 38.4 Å². The van der Waals surface area contributed by atoms with Gasteiger partial charge in [-0.3, -0.25) is 10.7 Å². The van der Waals surface area contributed by atoms with Gasteiger partial charge in [-0.2, -0.15) is 0 Å². The van der Waals surface area contributed by atoms with E-state index in [0.29, 0.717) is 10.6 Å². The van der Waals surface area contributed by atoms with Crippen molar-refractivity contribution in [2.75, 3.05) is 11.2 Å². The van der Waals surface area contributed by atoms with Crippen molar-refractivity contribution in [2.24, 2.45) is 11.3 Å². The summed E-state index contributed by atoms with van der Waals surface area (Å²) in [6.45, 7) is 6.49. The highest BCUT2D eigenvalue weighted by molar-refractivity contribution is 7.91. The van der Waals surface area contributed by atoms with E-state index in [1.807, 2.05) is 18.2 Å². The van der Waals surface area contributed by atoms with Gasteiger partial charge in [0.05, 0.1) is 16.3 Å². The number of fused-ring (bicyclic) bond motifs is 1. The van der Waals surface area contributed by atoms with Crippen LogP contribution in [0.4, 0.5) is 5.69 Å². The second-order valence-corrected chi connectivity index (χ2v) is 10.1. The molecule has 1 heterocycles. The Hall–Kier alpha value is -1.85. The van der Waals surface area contributed by atoms with Crippen LogP contribution in [0.5, 0.6) is 0 Å². The van der Waals surface area contributed by atoms with Crippen LogP contribution < -0.4 is 5.48 Å². The molecule has 4 nitrogen and oxygen atoms in total. The SMILES string of the molecule is CCCC[C@]1(CC)CS(=O)(=O)c2ccc(NO)cc2[C@@H](c2ccccc2)[C@H]1C. The number of rotatable bonds is 6. The van der Waals surface area contributed by atoms with E-state index in [0.717, 1.165) is 36.8 Å². The van der Waals surface area contributed by atoms with Gasteiger partial charge in [0.1, 0.15) is 0 Å². The van der Waals surface area contributed by atoms with Crippen LogP contribution in [-0.2, 0) is 9.84 Å². The van der Waals surface area contributed by atoms with E-state index in [1.165, 1.54) is 0 Å². The molecule has 2 aromatic rings. The molecular formula is C23H31NO3S. The van der Waals surface area contributed by atoms with E-state index in [9.17, 15) is 13.6 Å². The predicted molar refractivity (Wildman–Crippen MR) is 114 cm³/mol. The van der Waals surface area contributed by atoms with Crippen LogP contribution in [-0.4, -0.2) is 19.4 Å². The van der Waals surface area contributed by atoms with E-state index in [4.69, 9.17) is 0 Å². The number of anilines is 1. The van der Waals surface area contributed by atoms with Gasteiger partial charge in [-0.05, 0) is 53.5 Å². The number of hydrogen-bond acceptors (Lipinski definition) is 4. The van der Waals surface area contributed by atoms with Crippen molar-refractivity contribution in [3.8, 4) is 0 Å². The lowest BCUT2D eigenvalue weighted by atomic mass is 9.64. The largest absolute Gasteiger partial charge is 0.291 e. The Bertz CT molecular complexity index is 911. The molecule has 0 unspecified atom stereocenters. The number of hydrogen-bond donors (Lipinski definition) is 2. The lowest BCUT2D eigenvalue weighted by Gasteiger charge is -2.41. The van der Waals surface area contributed by atoms with Crippen LogP contribution in [0.3, 0.4) is 0 Å². The Morgan fingerprint density at radius 1 is 1.14 bits per heavy atom. The van der Waals surface area contributed by atoms with Crippen LogP contribution in [0, 0.1) is 11.3 Å². The fourth-order valence-corrected chi connectivity index (χ4v) is 7.26. The molecule has 0 spiro atoms. The molecule has 0 radical (unpaired) electrons. The van der Waals surface area contributed by atoms with Gasteiger partial charge in [-0.1, -0.05) is 63.9 Å². The summed E-state index contributed by atoms with van der Waals surface area (Å²) < 4.78 is 26.9. The van der Waals surface area contributed by atoms with Gasteiger partial charge in [0.15, 0.2) is 9.84 Å². The van der Waals surface area contributed by atoms with Crippen LogP contribution in [0.25, 0.3) is 0 Å². The van der Waals surface area contributed by atoms with Crippen molar-refractivity contribution in [1.29, 1.82) is 0 Å². The molecule has 0 aromatic heterocycles. The first kappa shape index (κ1) is 20.9. The third kappa shape index (κ3) is 3.70. The Balaban J connectivity index is 2.29. The molecule has 2 aromatic carbocycles. The molecular weight excluding hydrogens is 370 g/mol. The van der Waals surface area contributed by atoms with Crippen molar-refractivity contribution in [3.05, 3.63) is 59.7 Å². The second-order valence-electron chi connectivity index (χ2n) is 8.12. The Labute approximate surface area is 168 Å². The molecule has 0 aliphatic carbocycles. The molecule has 5 heteroatoms. The maximum absolute atomic E-state index is 13.5. The van der Waals surface area contributed by atoms with Crippen LogP contribution in [0.15, 0.2) is 53.4 Å². The summed E-state index contributed by atoms with van der Waals surface area (Å²) in [4.78, 5) is 0.402. The van der Waals surface area contributed by atoms with Crippen molar-refractivity contribution >= 4 is 15.5 Å². The van der Waals surface area contributed by atoms with Crippen LogP contribution in [0.1, 0.15) is 63.5 Å². The third-order valence-electron chi connectivity index (χ3n) is 6.64. The fourth-order valence-electron chi connectivity index (χ4n) is 4.91. The maximum Gasteiger partial charge on any atom is 0.179 e. The van der Waals surface area contributed by atoms with Crippen molar-refractivity contribution in [1.82, 2.24) is 0 Å². The fraction of sp³-hybridized carbons (Fsp3) is 0.478. The van der Waals surface area contributed by atoms with Gasteiger partial charge in [-0.25, -0.2) is 8.42 Å². The number of unbranched alkanes of at least 4 members (excludes halogenated alkanes) is 1. The molecule has 3 rings (SSSR count). The van der Waals surface area contributed by atoms with E-state index < -0.39 is 9.84 Å². The van der Waals surface area contributed by atoms with Crippen molar-refractivity contribution < 1.29 is 13.6 Å². The van der Waals surface area contributed by atoms with Crippen molar-refractivity contribution in [2.45, 2.75) is 57.3 Å². The lowest BCUT2D eigenvalue weighted by molar-refractivity contribution is 0.160. The molecule has 2 N–H and O–H groups in total. The number of benzene rings is 2. The van der Waals surface area contributed by atoms with Crippen LogP contribution >= 0.6 is 0 Å². The van der Waals surface area contributed by atoms with Gasteiger partial charge < -0.3 is 0 Å². The summed E-state index contributed by atoms with van der Waals surface area (Å²) in [5, 5.41) is 9.43. The predicted octanol–water partition coefficient (Wildman–Crippen LogP) is 5.63. The second kappa shape index (κ2) is 8.26. The van der Waals surface area contributed by atoms with E-state index in [1.54, 1.807) is 18.2 Å². The maximum atomic E-state index is 13.5. The van der Waals surface area contributed by atoms with Gasteiger partial charge >= 0.3 is 0 Å². The average molecular weight is 402 g/mol. The summed E-state index contributed by atoms with van der Waals surface area (Å²) >= 11 is 0. The monoisotopic (exact) mass is 401 g/mol. The zero-order chi connectivity index (χ0) is 20.4. The first-order chi connectivity index (χ1) is 13.4. The minimum atomic E-state index is -3.44. The van der Waals surface area contributed by atoms with Gasteiger partial charge in [-0.15, -0.1) is 0 Å². The lowest BCUT2D eigenvalue weighted by Crippen LogP contribution is -2.37. The highest BCUT2D eigenvalue weighted by Crippen LogP contribution is 2.52. The zero-order valence-electron chi connectivity index (χ0n) is 17.0. The number of nitrogens with one attached hydrogen (secondary N) is 1. The summed E-state index contributed by atoms with van der Waals surface area (Å²) in [6, 6.07) is 15.3. The standard InChI is InChI=1S/C23H31NO3S/c1-4-6-14-23(5-2)16-28(26,27)21-13-12-19(24-25)15-20(21)22(17(23)3)18-10-8-7-9-11-18/h7-13,15,17,22,24-25H,4-6,14,16H2,1-3H3/t17-,22-,23-/m1/s1. The molecule has 152 valence electrons. The summed E-state index contributed by atoms with van der Waals surface area (Å²) in [5.41, 5.74) is 4.33. The molecule has 1 aliphatic heterocycles. The minimum Gasteiger partial charge on any atom is -0.291 e. The number of sulfone groups is 1. The van der Waals surface area contributed by atoms with Crippen LogP contribution in [0.2, 0.25) is 0 Å². The summed E-state index contributed by atoms with van der Waals surface area (Å²) in [7, 11) is -3.44. The Kier molecular flexibility index (Phi) is 6.15. The first-order valence-corrected chi connectivity index (χ1v) is 11.9. The molecule has 28 heavy (non-hydrogen) atoms. The molecule has 0 amide bonds. The smallest absolute Gasteiger partial charge is 0.179 e. The molecule has 0 saturated carbocycles. The Morgan fingerprint density at radius 3 is 2.46 bits per heavy atom. The summed E-state index contributed by atoms with van der Waals surface area (Å²) in [5.74, 6) is 0.287. The van der Waals surface area contributed by atoms with E-state index in [-0.39, 0.29) is 23.0 Å².